The van der Waals surface area contributed by atoms with Gasteiger partial charge in [0.25, 0.3) is 0 Å². The summed E-state index contributed by atoms with van der Waals surface area (Å²) in [5.41, 5.74) is 0.0447. The number of rotatable bonds is 2. The van der Waals surface area contributed by atoms with Gasteiger partial charge in [0, 0.05) is 25.6 Å². The molecule has 16 heavy (non-hydrogen) atoms. The van der Waals surface area contributed by atoms with E-state index >= 15 is 0 Å². The molecule has 0 bridgehead atoms. The minimum Gasteiger partial charge on any atom is -0.396 e. The van der Waals surface area contributed by atoms with Crippen LogP contribution in [0, 0.1) is 11.3 Å². The molecule has 2 fully saturated rings. The maximum atomic E-state index is 12.2. The Kier molecular flexibility index (Phi) is 3.22. The van der Waals surface area contributed by atoms with Crippen molar-refractivity contribution in [2.75, 3.05) is 26.2 Å². The Bertz CT molecular complexity index is 272. The van der Waals surface area contributed by atoms with Gasteiger partial charge in [-0.2, -0.15) is 0 Å². The molecular weight excluding hydrogens is 204 g/mol. The summed E-state index contributed by atoms with van der Waals surface area (Å²) >= 11 is 0. The lowest BCUT2D eigenvalue weighted by molar-refractivity contribution is -0.132. The third kappa shape index (κ3) is 2.09. The Morgan fingerprint density at radius 3 is 2.81 bits per heavy atom. The molecule has 2 saturated heterocycles. The van der Waals surface area contributed by atoms with Gasteiger partial charge in [0.1, 0.15) is 0 Å². The maximum Gasteiger partial charge on any atom is 0.239 e. The molecule has 4 nitrogen and oxygen atoms in total. The third-order valence-electron chi connectivity index (χ3n) is 4.03. The molecule has 2 N–H and O–H groups in total. The summed E-state index contributed by atoms with van der Waals surface area (Å²) in [6.07, 6.45) is 2.05. The summed E-state index contributed by atoms with van der Waals surface area (Å²) in [6, 6.07) is 0.0215. The number of nitrogens with one attached hydrogen (secondary N) is 1. The van der Waals surface area contributed by atoms with Crippen LogP contribution in [0.15, 0.2) is 0 Å². The fraction of sp³-hybridized carbons (Fsp3) is 0.917. The average molecular weight is 226 g/mol. The Balaban J connectivity index is 1.99. The van der Waals surface area contributed by atoms with E-state index in [2.05, 4.69) is 19.2 Å². The van der Waals surface area contributed by atoms with E-state index in [9.17, 15) is 9.90 Å². The molecule has 0 radical (unpaired) electrons. The van der Waals surface area contributed by atoms with E-state index in [4.69, 9.17) is 0 Å². The van der Waals surface area contributed by atoms with E-state index in [0.717, 1.165) is 25.9 Å². The van der Waals surface area contributed by atoms with Gasteiger partial charge in [-0.3, -0.25) is 4.79 Å². The predicted molar refractivity (Wildman–Crippen MR) is 62.0 cm³/mol. The Labute approximate surface area is 97.0 Å². The molecule has 2 heterocycles. The van der Waals surface area contributed by atoms with E-state index in [0.29, 0.717) is 6.54 Å². The smallest absolute Gasteiger partial charge is 0.239 e. The minimum absolute atomic E-state index is 0.0215. The number of carbonyl (C=O) groups is 1. The first-order valence-electron chi connectivity index (χ1n) is 6.17. The zero-order chi connectivity index (χ0) is 11.8. The number of hydrogen-bond donors (Lipinski definition) is 2. The highest BCUT2D eigenvalue weighted by Crippen LogP contribution is 2.35. The lowest BCUT2D eigenvalue weighted by Gasteiger charge is -2.24. The highest BCUT2D eigenvalue weighted by Gasteiger charge is 2.42. The summed E-state index contributed by atoms with van der Waals surface area (Å²) in [5, 5.41) is 12.6. The molecule has 0 saturated carbocycles. The second-order valence-electron chi connectivity index (χ2n) is 5.74. The molecule has 2 aliphatic rings. The third-order valence-corrected chi connectivity index (χ3v) is 4.03. The number of amides is 1. The van der Waals surface area contributed by atoms with Crippen molar-refractivity contribution in [1.29, 1.82) is 0 Å². The van der Waals surface area contributed by atoms with Crippen molar-refractivity contribution in [2.45, 2.75) is 32.7 Å². The molecule has 4 heteroatoms. The SMILES string of the molecule is CC1(C)CN(C(=O)[C@H]2CCCN2)C[C@H]1CO. The topological polar surface area (TPSA) is 52.6 Å². The molecule has 0 spiro atoms. The fourth-order valence-electron chi connectivity index (χ4n) is 2.79. The molecule has 2 rings (SSSR count). The van der Waals surface area contributed by atoms with Crippen LogP contribution in [0.25, 0.3) is 0 Å². The summed E-state index contributed by atoms with van der Waals surface area (Å²) in [4.78, 5) is 14.1. The highest BCUT2D eigenvalue weighted by molar-refractivity contribution is 5.82. The van der Waals surface area contributed by atoms with Gasteiger partial charge in [-0.25, -0.2) is 0 Å². The fourth-order valence-corrected chi connectivity index (χ4v) is 2.79. The monoisotopic (exact) mass is 226 g/mol. The van der Waals surface area contributed by atoms with Gasteiger partial charge in [-0.1, -0.05) is 13.8 Å². The van der Waals surface area contributed by atoms with Crippen LogP contribution in [0.1, 0.15) is 26.7 Å². The number of aliphatic hydroxyl groups is 1. The highest BCUT2D eigenvalue weighted by atomic mass is 16.3. The Morgan fingerprint density at radius 1 is 1.56 bits per heavy atom. The molecule has 92 valence electrons. The summed E-state index contributed by atoms with van der Waals surface area (Å²) in [7, 11) is 0. The van der Waals surface area contributed by atoms with Crippen LogP contribution in [-0.4, -0.2) is 48.2 Å². The van der Waals surface area contributed by atoms with Crippen LogP contribution in [0.2, 0.25) is 0 Å². The number of aliphatic hydroxyl groups excluding tert-OH is 1. The minimum atomic E-state index is 0.0215. The molecule has 0 aromatic heterocycles. The van der Waals surface area contributed by atoms with E-state index in [1.54, 1.807) is 0 Å². The van der Waals surface area contributed by atoms with Crippen molar-refractivity contribution in [1.82, 2.24) is 10.2 Å². The average Bonchev–Trinajstić information content (AvgIpc) is 2.83. The van der Waals surface area contributed by atoms with Crippen LogP contribution in [0.4, 0.5) is 0 Å². The zero-order valence-electron chi connectivity index (χ0n) is 10.2. The van der Waals surface area contributed by atoms with Crippen LogP contribution >= 0.6 is 0 Å². The number of carbonyl (C=O) groups excluding carboxylic acids is 1. The molecule has 0 unspecified atom stereocenters. The van der Waals surface area contributed by atoms with Crippen molar-refractivity contribution < 1.29 is 9.90 Å². The van der Waals surface area contributed by atoms with E-state index in [1.807, 2.05) is 4.90 Å². The van der Waals surface area contributed by atoms with Crippen LogP contribution < -0.4 is 5.32 Å². The lowest BCUT2D eigenvalue weighted by Crippen LogP contribution is -2.43. The normalized spacial score (nSPS) is 33.3. The van der Waals surface area contributed by atoms with Gasteiger partial charge in [-0.15, -0.1) is 0 Å². The molecule has 0 aromatic carbocycles. The van der Waals surface area contributed by atoms with Crippen molar-refractivity contribution in [3.8, 4) is 0 Å². The van der Waals surface area contributed by atoms with E-state index < -0.39 is 0 Å². The molecular formula is C12H22N2O2. The lowest BCUT2D eigenvalue weighted by atomic mass is 9.83. The largest absolute Gasteiger partial charge is 0.396 e. The van der Waals surface area contributed by atoms with Crippen LogP contribution in [0.5, 0.6) is 0 Å². The van der Waals surface area contributed by atoms with Gasteiger partial charge in [0.05, 0.1) is 6.04 Å². The van der Waals surface area contributed by atoms with Crippen molar-refractivity contribution >= 4 is 5.91 Å². The quantitative estimate of drug-likeness (QED) is 0.708. The molecule has 2 atom stereocenters. The first-order chi connectivity index (χ1) is 7.54. The predicted octanol–water partition coefficient (Wildman–Crippen LogP) is 0.215. The maximum absolute atomic E-state index is 12.2. The van der Waals surface area contributed by atoms with Gasteiger partial charge >= 0.3 is 0 Å². The van der Waals surface area contributed by atoms with Gasteiger partial charge in [-0.05, 0) is 24.8 Å². The first-order valence-corrected chi connectivity index (χ1v) is 6.17. The molecule has 0 aliphatic carbocycles. The van der Waals surface area contributed by atoms with Crippen LogP contribution in [0.3, 0.4) is 0 Å². The molecule has 0 aromatic rings. The first kappa shape index (κ1) is 11.9. The Morgan fingerprint density at radius 2 is 2.31 bits per heavy atom. The summed E-state index contributed by atoms with van der Waals surface area (Å²) < 4.78 is 0. The van der Waals surface area contributed by atoms with Gasteiger partial charge < -0.3 is 15.3 Å². The second kappa shape index (κ2) is 4.34. The van der Waals surface area contributed by atoms with Crippen molar-refractivity contribution in [3.63, 3.8) is 0 Å². The van der Waals surface area contributed by atoms with Gasteiger partial charge in [0.2, 0.25) is 5.91 Å². The standard InChI is InChI=1S/C12H22N2O2/c1-12(2)8-14(6-9(12)7-15)11(16)10-4-3-5-13-10/h9-10,13,15H,3-8H2,1-2H3/t9-,10+/m0/s1. The molecule has 2 aliphatic heterocycles. The Hall–Kier alpha value is -0.610. The van der Waals surface area contributed by atoms with Gasteiger partial charge in [0.15, 0.2) is 0 Å². The van der Waals surface area contributed by atoms with Crippen molar-refractivity contribution in [3.05, 3.63) is 0 Å². The number of hydrogen-bond acceptors (Lipinski definition) is 3. The van der Waals surface area contributed by atoms with E-state index in [-0.39, 0.29) is 29.9 Å². The number of nitrogens with zero attached hydrogens (tertiary/aromatic N) is 1. The number of likely N-dealkylation sites (tertiary alicyclic amines) is 1. The zero-order valence-corrected chi connectivity index (χ0v) is 10.2. The van der Waals surface area contributed by atoms with Crippen molar-refractivity contribution in [2.24, 2.45) is 11.3 Å². The second-order valence-corrected chi connectivity index (χ2v) is 5.74. The molecule has 1 amide bonds. The van der Waals surface area contributed by atoms with Crippen LogP contribution in [-0.2, 0) is 4.79 Å². The summed E-state index contributed by atoms with van der Waals surface area (Å²) in [6.45, 7) is 6.87. The summed E-state index contributed by atoms with van der Waals surface area (Å²) in [5.74, 6) is 0.444. The van der Waals surface area contributed by atoms with E-state index in [1.165, 1.54) is 0 Å².